The average molecular weight is 418 g/mol. The Labute approximate surface area is 182 Å². The summed E-state index contributed by atoms with van der Waals surface area (Å²) in [6.45, 7) is 4.62. The predicted octanol–water partition coefficient (Wildman–Crippen LogP) is 5.53. The second kappa shape index (κ2) is 10.3. The summed E-state index contributed by atoms with van der Waals surface area (Å²) in [7, 11) is 1.43. The molecule has 0 fully saturated rings. The van der Waals surface area contributed by atoms with Gasteiger partial charge in [0, 0.05) is 5.56 Å². The highest BCUT2D eigenvalue weighted by molar-refractivity contribution is 6.15. The van der Waals surface area contributed by atoms with Crippen molar-refractivity contribution in [3.63, 3.8) is 0 Å². The third-order valence-corrected chi connectivity index (χ3v) is 4.85. The lowest BCUT2D eigenvalue weighted by Gasteiger charge is -2.16. The van der Waals surface area contributed by atoms with E-state index < -0.39 is 5.97 Å². The van der Waals surface area contributed by atoms with Crippen LogP contribution in [0.4, 0.5) is 0 Å². The summed E-state index contributed by atoms with van der Waals surface area (Å²) in [5.74, 6) is 0.403. The topological polar surface area (TPSA) is 65.0 Å². The number of aryl methyl sites for hydroxylation is 1. The van der Waals surface area contributed by atoms with Gasteiger partial charge in [-0.05, 0) is 48.2 Å². The lowest BCUT2D eigenvalue weighted by atomic mass is 10.0. The van der Waals surface area contributed by atoms with E-state index in [1.807, 2.05) is 68.4 Å². The lowest BCUT2D eigenvalue weighted by Crippen LogP contribution is -2.07. The Morgan fingerprint density at radius 1 is 0.903 bits per heavy atom. The number of hydrogen-bond acceptors (Lipinski definition) is 4. The second-order valence-corrected chi connectivity index (χ2v) is 7.18. The molecule has 0 aliphatic carbocycles. The van der Waals surface area contributed by atoms with Crippen LogP contribution in [0.5, 0.6) is 11.5 Å². The third kappa shape index (κ3) is 5.66. The summed E-state index contributed by atoms with van der Waals surface area (Å²) in [6.07, 6.45) is 1.23. The fraction of sp³-hybridized carbons (Fsp3) is 0.192. The minimum Gasteiger partial charge on any atom is -0.503 e. The Kier molecular flexibility index (Phi) is 7.33. The minimum atomic E-state index is -1.06. The number of benzene rings is 3. The Hall–Kier alpha value is -3.73. The van der Waals surface area contributed by atoms with Crippen molar-refractivity contribution in [1.82, 2.24) is 0 Å². The van der Waals surface area contributed by atoms with Crippen molar-refractivity contribution >= 4 is 11.5 Å². The molecule has 0 unspecified atom stereocenters. The zero-order valence-corrected chi connectivity index (χ0v) is 17.9. The SMILES string of the molecule is COC=C(C(=O)O)c1ccccc1COc1cc(C)cc(OCc2ccccc2)c1C. The van der Waals surface area contributed by atoms with Gasteiger partial charge < -0.3 is 19.3 Å². The largest absolute Gasteiger partial charge is 0.503 e. The molecule has 5 nitrogen and oxygen atoms in total. The van der Waals surface area contributed by atoms with Crippen molar-refractivity contribution in [2.45, 2.75) is 27.1 Å². The zero-order valence-electron chi connectivity index (χ0n) is 17.9. The average Bonchev–Trinajstić information content (AvgIpc) is 2.77. The van der Waals surface area contributed by atoms with E-state index in [1.165, 1.54) is 13.4 Å². The molecule has 3 aromatic carbocycles. The Balaban J connectivity index is 1.81. The van der Waals surface area contributed by atoms with Gasteiger partial charge in [-0.2, -0.15) is 0 Å². The van der Waals surface area contributed by atoms with Gasteiger partial charge in [0.2, 0.25) is 0 Å². The normalized spacial score (nSPS) is 11.1. The Morgan fingerprint density at radius 2 is 1.52 bits per heavy atom. The summed E-state index contributed by atoms with van der Waals surface area (Å²) < 4.78 is 17.1. The number of hydrogen-bond donors (Lipinski definition) is 1. The standard InChI is InChI=1S/C26H26O5/c1-18-13-24(30-15-20-9-5-4-6-10-20)19(2)25(14-18)31-16-21-11-7-8-12-22(21)23(17-29-3)26(27)28/h4-14,17H,15-16H2,1-3H3,(H,27,28). The summed E-state index contributed by atoms with van der Waals surface area (Å²) in [4.78, 5) is 11.6. The van der Waals surface area contributed by atoms with Crippen LogP contribution in [0.25, 0.3) is 5.57 Å². The molecular weight excluding hydrogens is 392 g/mol. The number of carboxylic acids is 1. The van der Waals surface area contributed by atoms with Gasteiger partial charge in [0.25, 0.3) is 0 Å². The van der Waals surface area contributed by atoms with E-state index >= 15 is 0 Å². The minimum absolute atomic E-state index is 0.0783. The first-order valence-electron chi connectivity index (χ1n) is 9.95. The van der Waals surface area contributed by atoms with E-state index in [0.717, 1.165) is 28.0 Å². The first-order chi connectivity index (χ1) is 15.0. The van der Waals surface area contributed by atoms with Crippen LogP contribution in [-0.4, -0.2) is 18.2 Å². The molecule has 0 amide bonds. The first kappa shape index (κ1) is 22.0. The molecule has 0 saturated heterocycles. The lowest BCUT2D eigenvalue weighted by molar-refractivity contribution is -0.130. The molecule has 0 atom stereocenters. The van der Waals surface area contributed by atoms with Crippen LogP contribution < -0.4 is 9.47 Å². The molecule has 0 bridgehead atoms. The highest BCUT2D eigenvalue weighted by Crippen LogP contribution is 2.31. The molecule has 3 aromatic rings. The molecule has 0 aliphatic heterocycles. The maximum absolute atomic E-state index is 11.6. The Morgan fingerprint density at radius 3 is 2.16 bits per heavy atom. The first-order valence-corrected chi connectivity index (χ1v) is 9.95. The summed E-state index contributed by atoms with van der Waals surface area (Å²) >= 11 is 0. The predicted molar refractivity (Wildman–Crippen MR) is 120 cm³/mol. The van der Waals surface area contributed by atoms with Crippen LogP contribution >= 0.6 is 0 Å². The number of carbonyl (C=O) groups is 1. The quantitative estimate of drug-likeness (QED) is 0.365. The van der Waals surface area contributed by atoms with Gasteiger partial charge in [-0.25, -0.2) is 4.79 Å². The van der Waals surface area contributed by atoms with Gasteiger partial charge in [0.15, 0.2) is 0 Å². The molecule has 0 aliphatic rings. The van der Waals surface area contributed by atoms with Crippen molar-refractivity contribution in [3.8, 4) is 11.5 Å². The molecule has 0 aromatic heterocycles. The monoisotopic (exact) mass is 418 g/mol. The molecule has 0 heterocycles. The van der Waals surface area contributed by atoms with Gasteiger partial charge >= 0.3 is 5.97 Å². The highest BCUT2D eigenvalue weighted by Gasteiger charge is 2.16. The van der Waals surface area contributed by atoms with Gasteiger partial charge in [-0.1, -0.05) is 54.6 Å². The van der Waals surface area contributed by atoms with Crippen LogP contribution in [0, 0.1) is 13.8 Å². The van der Waals surface area contributed by atoms with Crippen LogP contribution in [-0.2, 0) is 22.7 Å². The zero-order chi connectivity index (χ0) is 22.2. The number of aliphatic carboxylic acids is 1. The number of rotatable bonds is 9. The Bertz CT molecular complexity index is 1070. The summed E-state index contributed by atoms with van der Waals surface area (Å²) in [5, 5.41) is 9.53. The van der Waals surface area contributed by atoms with Crippen LogP contribution in [0.3, 0.4) is 0 Å². The van der Waals surface area contributed by atoms with Gasteiger partial charge in [0.05, 0.1) is 13.4 Å². The van der Waals surface area contributed by atoms with Crippen molar-refractivity contribution in [1.29, 1.82) is 0 Å². The third-order valence-electron chi connectivity index (χ3n) is 4.85. The van der Waals surface area contributed by atoms with E-state index in [-0.39, 0.29) is 12.2 Å². The van der Waals surface area contributed by atoms with Crippen LogP contribution in [0.2, 0.25) is 0 Å². The fourth-order valence-electron chi connectivity index (χ4n) is 3.24. The van der Waals surface area contributed by atoms with Crippen molar-refractivity contribution < 1.29 is 24.1 Å². The second-order valence-electron chi connectivity index (χ2n) is 7.18. The maximum atomic E-state index is 11.6. The molecule has 31 heavy (non-hydrogen) atoms. The van der Waals surface area contributed by atoms with E-state index in [0.29, 0.717) is 17.9 Å². The molecule has 0 saturated carbocycles. The highest BCUT2D eigenvalue weighted by atomic mass is 16.5. The molecule has 3 rings (SSSR count). The molecular formula is C26H26O5. The summed E-state index contributed by atoms with van der Waals surface area (Å²) in [6, 6.07) is 21.2. The van der Waals surface area contributed by atoms with Crippen molar-refractivity contribution in [3.05, 3.63) is 101 Å². The van der Waals surface area contributed by atoms with Gasteiger partial charge in [-0.3, -0.25) is 0 Å². The number of ether oxygens (including phenoxy) is 3. The van der Waals surface area contributed by atoms with Crippen LogP contribution in [0.15, 0.2) is 73.0 Å². The smallest absolute Gasteiger partial charge is 0.339 e. The van der Waals surface area contributed by atoms with Crippen molar-refractivity contribution in [2.24, 2.45) is 0 Å². The number of carboxylic acid groups (broad SMARTS) is 1. The molecule has 5 heteroatoms. The van der Waals surface area contributed by atoms with Crippen molar-refractivity contribution in [2.75, 3.05) is 7.11 Å². The van der Waals surface area contributed by atoms with E-state index in [2.05, 4.69) is 0 Å². The molecule has 0 spiro atoms. The molecule has 0 radical (unpaired) electrons. The summed E-state index contributed by atoms with van der Waals surface area (Å²) in [5.41, 5.74) is 4.39. The van der Waals surface area contributed by atoms with E-state index in [1.54, 1.807) is 12.1 Å². The number of methoxy groups -OCH3 is 1. The molecule has 1 N–H and O–H groups in total. The van der Waals surface area contributed by atoms with Crippen LogP contribution in [0.1, 0.15) is 27.8 Å². The van der Waals surface area contributed by atoms with E-state index in [4.69, 9.17) is 14.2 Å². The van der Waals surface area contributed by atoms with E-state index in [9.17, 15) is 9.90 Å². The van der Waals surface area contributed by atoms with Gasteiger partial charge in [0.1, 0.15) is 30.3 Å². The molecule has 160 valence electrons. The van der Waals surface area contributed by atoms with Gasteiger partial charge in [-0.15, -0.1) is 0 Å². The fourth-order valence-corrected chi connectivity index (χ4v) is 3.24. The maximum Gasteiger partial charge on any atom is 0.339 e.